The fourth-order valence-electron chi connectivity index (χ4n) is 2.75. The molecular weight excluding hydrogens is 256 g/mol. The minimum absolute atomic E-state index is 0.0485. The average Bonchev–Trinajstić information content (AvgIpc) is 3.18. The molecule has 2 aromatic heterocycles. The molecule has 0 aliphatic carbocycles. The summed E-state index contributed by atoms with van der Waals surface area (Å²) in [5.74, 6) is 0.281. The topological polar surface area (TPSA) is 64.2 Å². The molecule has 1 saturated heterocycles. The number of aryl methyl sites for hydroxylation is 1. The second-order valence-electron chi connectivity index (χ2n) is 5.07. The van der Waals surface area contributed by atoms with Crippen LogP contribution < -0.4 is 0 Å². The summed E-state index contributed by atoms with van der Waals surface area (Å²) in [6, 6.07) is 2.17. The normalized spacial score (nSPS) is 19.2. The van der Waals surface area contributed by atoms with Gasteiger partial charge in [-0.3, -0.25) is 9.48 Å². The number of likely N-dealkylation sites (tertiary alicyclic amines) is 1. The molecule has 1 atom stereocenters. The molecule has 1 unspecified atom stereocenters. The predicted molar refractivity (Wildman–Crippen MR) is 72.0 cm³/mol. The number of oxazole rings is 1. The summed E-state index contributed by atoms with van der Waals surface area (Å²) in [4.78, 5) is 18.1. The van der Waals surface area contributed by atoms with Gasteiger partial charge in [-0.2, -0.15) is 5.10 Å². The van der Waals surface area contributed by atoms with Gasteiger partial charge in [-0.05, 0) is 31.7 Å². The van der Waals surface area contributed by atoms with Crippen molar-refractivity contribution in [1.82, 2.24) is 19.7 Å². The van der Waals surface area contributed by atoms with E-state index in [-0.39, 0.29) is 11.9 Å². The number of nitrogens with zero attached hydrogens (tertiary/aromatic N) is 4. The molecule has 1 amide bonds. The van der Waals surface area contributed by atoms with Gasteiger partial charge in [0.2, 0.25) is 5.76 Å². The Labute approximate surface area is 117 Å². The van der Waals surface area contributed by atoms with Gasteiger partial charge in [0.05, 0.1) is 6.20 Å². The number of rotatable bonds is 4. The van der Waals surface area contributed by atoms with Crippen LogP contribution in [-0.4, -0.2) is 38.2 Å². The quantitative estimate of drug-likeness (QED) is 0.855. The SMILES string of the molecule is O=C(c1cnco1)N1CCCCC1CCn1cccn1. The van der Waals surface area contributed by atoms with Crippen molar-refractivity contribution in [3.8, 4) is 0 Å². The molecule has 0 N–H and O–H groups in total. The highest BCUT2D eigenvalue weighted by molar-refractivity contribution is 5.91. The van der Waals surface area contributed by atoms with E-state index in [1.54, 1.807) is 6.20 Å². The summed E-state index contributed by atoms with van der Waals surface area (Å²) in [5.41, 5.74) is 0. The Hall–Kier alpha value is -2.11. The Morgan fingerprint density at radius 1 is 1.45 bits per heavy atom. The molecule has 3 rings (SSSR count). The van der Waals surface area contributed by atoms with E-state index in [1.807, 2.05) is 21.8 Å². The molecule has 0 aromatic carbocycles. The molecule has 106 valence electrons. The van der Waals surface area contributed by atoms with E-state index in [0.717, 1.165) is 32.4 Å². The molecule has 0 spiro atoms. The highest BCUT2D eigenvalue weighted by atomic mass is 16.3. The van der Waals surface area contributed by atoms with Crippen molar-refractivity contribution in [2.45, 2.75) is 38.3 Å². The van der Waals surface area contributed by atoms with Crippen LogP contribution in [0.15, 0.2) is 35.5 Å². The summed E-state index contributed by atoms with van der Waals surface area (Å²) < 4.78 is 7.04. The van der Waals surface area contributed by atoms with Crippen LogP contribution in [0, 0.1) is 0 Å². The Morgan fingerprint density at radius 3 is 3.15 bits per heavy atom. The Balaban J connectivity index is 1.66. The van der Waals surface area contributed by atoms with E-state index in [2.05, 4.69) is 10.1 Å². The van der Waals surface area contributed by atoms with E-state index in [0.29, 0.717) is 5.76 Å². The molecule has 20 heavy (non-hydrogen) atoms. The third-order valence-corrected chi connectivity index (χ3v) is 3.78. The molecule has 1 aliphatic rings. The molecular formula is C14H18N4O2. The molecule has 3 heterocycles. The lowest BCUT2D eigenvalue weighted by Gasteiger charge is -2.35. The number of piperidine rings is 1. The number of amides is 1. The third-order valence-electron chi connectivity index (χ3n) is 3.78. The van der Waals surface area contributed by atoms with Gasteiger partial charge in [0.15, 0.2) is 6.39 Å². The molecule has 1 aliphatic heterocycles. The molecule has 1 fully saturated rings. The van der Waals surface area contributed by atoms with Gasteiger partial charge >= 0.3 is 0 Å². The van der Waals surface area contributed by atoms with Crippen molar-refractivity contribution in [3.05, 3.63) is 36.8 Å². The van der Waals surface area contributed by atoms with Gasteiger partial charge in [-0.1, -0.05) is 0 Å². The largest absolute Gasteiger partial charge is 0.438 e. The van der Waals surface area contributed by atoms with E-state index >= 15 is 0 Å². The van der Waals surface area contributed by atoms with Crippen LogP contribution in [-0.2, 0) is 6.54 Å². The highest BCUT2D eigenvalue weighted by Gasteiger charge is 2.28. The predicted octanol–water partition coefficient (Wildman–Crippen LogP) is 1.96. The van der Waals surface area contributed by atoms with Gasteiger partial charge < -0.3 is 9.32 Å². The lowest BCUT2D eigenvalue weighted by molar-refractivity contribution is 0.0561. The molecule has 0 saturated carbocycles. The highest BCUT2D eigenvalue weighted by Crippen LogP contribution is 2.22. The van der Waals surface area contributed by atoms with Crippen molar-refractivity contribution in [3.63, 3.8) is 0 Å². The zero-order chi connectivity index (χ0) is 13.8. The maximum atomic E-state index is 12.4. The van der Waals surface area contributed by atoms with E-state index in [4.69, 9.17) is 4.42 Å². The van der Waals surface area contributed by atoms with Gasteiger partial charge in [-0.15, -0.1) is 0 Å². The summed E-state index contributed by atoms with van der Waals surface area (Å²) in [5, 5.41) is 4.21. The summed E-state index contributed by atoms with van der Waals surface area (Å²) in [6.07, 6.45) is 10.7. The summed E-state index contributed by atoms with van der Waals surface area (Å²) in [6.45, 7) is 1.63. The van der Waals surface area contributed by atoms with Gasteiger partial charge in [-0.25, -0.2) is 4.98 Å². The van der Waals surface area contributed by atoms with E-state index in [9.17, 15) is 4.79 Å². The second-order valence-corrected chi connectivity index (χ2v) is 5.07. The van der Waals surface area contributed by atoms with Crippen LogP contribution in [0.2, 0.25) is 0 Å². The summed E-state index contributed by atoms with van der Waals surface area (Å²) in [7, 11) is 0. The molecule has 0 bridgehead atoms. The maximum Gasteiger partial charge on any atom is 0.291 e. The lowest BCUT2D eigenvalue weighted by atomic mass is 9.99. The van der Waals surface area contributed by atoms with Gasteiger partial charge in [0, 0.05) is 31.5 Å². The van der Waals surface area contributed by atoms with Gasteiger partial charge in [0.1, 0.15) is 0 Å². The monoisotopic (exact) mass is 274 g/mol. The van der Waals surface area contributed by atoms with Crippen LogP contribution in [0.4, 0.5) is 0 Å². The Morgan fingerprint density at radius 2 is 2.40 bits per heavy atom. The van der Waals surface area contributed by atoms with Crippen LogP contribution in [0.25, 0.3) is 0 Å². The Bertz CT molecular complexity index is 536. The van der Waals surface area contributed by atoms with Gasteiger partial charge in [0.25, 0.3) is 5.91 Å². The number of carbonyl (C=O) groups is 1. The standard InChI is InChI=1S/C14H18N4O2/c19-14(13-10-15-11-20-13)18-8-2-1-4-12(18)5-9-17-7-3-6-16-17/h3,6-7,10-12H,1-2,4-5,8-9H2. The van der Waals surface area contributed by atoms with Crippen molar-refractivity contribution in [1.29, 1.82) is 0 Å². The van der Waals surface area contributed by atoms with Crippen LogP contribution in [0.5, 0.6) is 0 Å². The number of carbonyl (C=O) groups excluding carboxylic acids is 1. The minimum Gasteiger partial charge on any atom is -0.438 e. The zero-order valence-electron chi connectivity index (χ0n) is 11.3. The van der Waals surface area contributed by atoms with Crippen LogP contribution in [0.3, 0.4) is 0 Å². The van der Waals surface area contributed by atoms with Crippen molar-refractivity contribution in [2.24, 2.45) is 0 Å². The first-order valence-electron chi connectivity index (χ1n) is 7.01. The first-order valence-corrected chi connectivity index (χ1v) is 7.01. The molecule has 0 radical (unpaired) electrons. The minimum atomic E-state index is -0.0485. The van der Waals surface area contributed by atoms with Crippen molar-refractivity contribution in [2.75, 3.05) is 6.54 Å². The summed E-state index contributed by atoms with van der Waals surface area (Å²) >= 11 is 0. The fourth-order valence-corrected chi connectivity index (χ4v) is 2.75. The third kappa shape index (κ3) is 2.74. The second kappa shape index (κ2) is 5.90. The smallest absolute Gasteiger partial charge is 0.291 e. The lowest BCUT2D eigenvalue weighted by Crippen LogP contribution is -2.44. The first-order chi connectivity index (χ1) is 9.84. The Kier molecular flexibility index (Phi) is 3.80. The van der Waals surface area contributed by atoms with Crippen LogP contribution >= 0.6 is 0 Å². The fraction of sp³-hybridized carbons (Fsp3) is 0.500. The number of aromatic nitrogens is 3. The zero-order valence-corrected chi connectivity index (χ0v) is 11.3. The molecule has 2 aromatic rings. The average molecular weight is 274 g/mol. The molecule has 6 heteroatoms. The van der Waals surface area contributed by atoms with E-state index in [1.165, 1.54) is 19.0 Å². The van der Waals surface area contributed by atoms with E-state index < -0.39 is 0 Å². The first kappa shape index (κ1) is 12.9. The van der Waals surface area contributed by atoms with Crippen molar-refractivity contribution >= 4 is 5.91 Å². The number of hydrogen-bond donors (Lipinski definition) is 0. The number of hydrogen-bond acceptors (Lipinski definition) is 4. The maximum absolute atomic E-state index is 12.4. The van der Waals surface area contributed by atoms with Crippen molar-refractivity contribution < 1.29 is 9.21 Å². The molecule has 6 nitrogen and oxygen atoms in total. The van der Waals surface area contributed by atoms with Crippen LogP contribution in [0.1, 0.15) is 36.2 Å².